The molecular formula is C19H39N2O2+. The van der Waals surface area contributed by atoms with Gasteiger partial charge in [-0.2, -0.15) is 5.21 Å². The summed E-state index contributed by atoms with van der Waals surface area (Å²) in [5.74, 6) is 1.28. The Balaban J connectivity index is 3.26. The normalized spacial score (nSPS) is 13.7. The van der Waals surface area contributed by atoms with E-state index in [2.05, 4.69) is 25.9 Å². The maximum atomic E-state index is 11.8. The van der Waals surface area contributed by atoms with E-state index in [0.717, 1.165) is 57.4 Å². The van der Waals surface area contributed by atoms with E-state index in [4.69, 9.17) is 5.21 Å². The lowest BCUT2D eigenvalue weighted by Crippen LogP contribution is -3.12. The third-order valence-corrected chi connectivity index (χ3v) is 4.48. The second kappa shape index (κ2) is 16.2. The Morgan fingerprint density at radius 1 is 1.09 bits per heavy atom. The Bertz CT molecular complexity index is 295. The molecule has 4 nitrogen and oxygen atoms in total. The highest BCUT2D eigenvalue weighted by molar-refractivity contribution is 5.78. The number of hydrogen-bond acceptors (Lipinski definition) is 3. The fourth-order valence-electron chi connectivity index (χ4n) is 2.59. The first-order valence-electron chi connectivity index (χ1n) is 9.54. The lowest BCUT2D eigenvalue weighted by Gasteiger charge is -2.07. The summed E-state index contributed by atoms with van der Waals surface area (Å²) in [5, 5.41) is 9.31. The standard InChI is InChI=1S/C19H38N2O2/c1-4-18(3)14-10-9-12-16-19(22)15-11-7-6-8-13-17-20-21(23)5-2/h5,18,20,23H,2,4,6-17H2,1,3H3/p+1/t18-/m0/s1. The lowest BCUT2D eigenvalue weighted by atomic mass is 9.99. The van der Waals surface area contributed by atoms with Crippen molar-refractivity contribution in [1.82, 2.24) is 5.43 Å². The van der Waals surface area contributed by atoms with Gasteiger partial charge in [-0.05, 0) is 31.8 Å². The molecule has 0 saturated heterocycles. The maximum Gasteiger partial charge on any atom is 0.139 e. The minimum Gasteiger partial charge on any atom is -0.300 e. The van der Waals surface area contributed by atoms with Gasteiger partial charge >= 0.3 is 0 Å². The van der Waals surface area contributed by atoms with Gasteiger partial charge in [0.25, 0.3) is 0 Å². The summed E-state index contributed by atoms with van der Waals surface area (Å²) in [6, 6.07) is 0. The number of hydroxylamine groups is 1. The first-order valence-corrected chi connectivity index (χ1v) is 9.54. The maximum absolute atomic E-state index is 11.8. The van der Waals surface area contributed by atoms with Gasteiger partial charge in [0.15, 0.2) is 0 Å². The van der Waals surface area contributed by atoms with Crippen molar-refractivity contribution in [1.29, 1.82) is 0 Å². The van der Waals surface area contributed by atoms with E-state index in [1.807, 2.05) is 0 Å². The molecule has 0 fully saturated rings. The molecule has 0 amide bonds. The first kappa shape index (κ1) is 22.3. The van der Waals surface area contributed by atoms with Gasteiger partial charge in [0.1, 0.15) is 12.0 Å². The number of hydrogen-bond donors (Lipinski definition) is 3. The highest BCUT2D eigenvalue weighted by atomic mass is 16.5. The van der Waals surface area contributed by atoms with Crippen LogP contribution in [0.3, 0.4) is 0 Å². The van der Waals surface area contributed by atoms with Crippen LogP contribution in [0.1, 0.15) is 90.9 Å². The molecule has 0 heterocycles. The molecule has 0 aromatic carbocycles. The largest absolute Gasteiger partial charge is 0.300 e. The highest BCUT2D eigenvalue weighted by Gasteiger charge is 2.03. The molecule has 3 N–H and O–H groups in total. The Hall–Kier alpha value is -0.710. The SMILES string of the molecule is C=C[NH+](O)NCCCCCCCC(=O)CCCCC[C@@H](C)CC. The average molecular weight is 328 g/mol. The molecule has 1 unspecified atom stereocenters. The summed E-state index contributed by atoms with van der Waals surface area (Å²) in [6.45, 7) is 8.81. The van der Waals surface area contributed by atoms with Crippen molar-refractivity contribution in [2.45, 2.75) is 90.9 Å². The van der Waals surface area contributed by atoms with Gasteiger partial charge in [-0.1, -0.05) is 64.0 Å². The van der Waals surface area contributed by atoms with Crippen molar-refractivity contribution in [3.63, 3.8) is 0 Å². The van der Waals surface area contributed by atoms with Crippen LogP contribution in [-0.4, -0.2) is 17.5 Å². The Kier molecular flexibility index (Phi) is 15.7. The number of carbonyl (C=O) groups is 1. The Morgan fingerprint density at radius 3 is 2.26 bits per heavy atom. The number of rotatable bonds is 17. The van der Waals surface area contributed by atoms with Crippen LogP contribution in [0, 0.1) is 5.92 Å². The zero-order chi connectivity index (χ0) is 17.3. The molecule has 4 heteroatoms. The molecule has 0 spiro atoms. The van der Waals surface area contributed by atoms with E-state index >= 15 is 0 Å². The average Bonchev–Trinajstić information content (AvgIpc) is 2.56. The molecule has 0 aliphatic heterocycles. The Morgan fingerprint density at radius 2 is 1.65 bits per heavy atom. The summed E-state index contributed by atoms with van der Waals surface area (Å²) in [4.78, 5) is 11.8. The molecule has 136 valence electrons. The second-order valence-electron chi connectivity index (χ2n) is 6.69. The quantitative estimate of drug-likeness (QED) is 0.281. The van der Waals surface area contributed by atoms with Gasteiger partial charge in [0.2, 0.25) is 0 Å². The molecule has 2 atom stereocenters. The third kappa shape index (κ3) is 15.9. The van der Waals surface area contributed by atoms with E-state index in [1.54, 1.807) is 0 Å². The molecule has 0 saturated carbocycles. The molecule has 0 aliphatic carbocycles. The number of nitrogens with one attached hydrogen (secondary N) is 2. The van der Waals surface area contributed by atoms with Crippen LogP contribution in [0.2, 0.25) is 0 Å². The van der Waals surface area contributed by atoms with Crippen molar-refractivity contribution in [2.75, 3.05) is 6.54 Å². The molecule has 0 rings (SSSR count). The van der Waals surface area contributed by atoms with E-state index in [9.17, 15) is 4.79 Å². The third-order valence-electron chi connectivity index (χ3n) is 4.48. The molecule has 0 bridgehead atoms. The van der Waals surface area contributed by atoms with Gasteiger partial charge in [0.05, 0.1) is 0 Å². The summed E-state index contributed by atoms with van der Waals surface area (Å²) in [7, 11) is 0. The van der Waals surface area contributed by atoms with Crippen molar-refractivity contribution >= 4 is 5.78 Å². The van der Waals surface area contributed by atoms with Gasteiger partial charge in [-0.25, -0.2) is 0 Å². The lowest BCUT2D eigenvalue weighted by molar-refractivity contribution is -1.08. The fourth-order valence-corrected chi connectivity index (χ4v) is 2.59. The summed E-state index contributed by atoms with van der Waals surface area (Å²) in [5.41, 5.74) is 2.89. The van der Waals surface area contributed by atoms with Crippen molar-refractivity contribution in [3.8, 4) is 0 Å². The summed E-state index contributed by atoms with van der Waals surface area (Å²) in [6.07, 6.45) is 14.6. The van der Waals surface area contributed by atoms with Crippen LogP contribution in [0.5, 0.6) is 0 Å². The summed E-state index contributed by atoms with van der Waals surface area (Å²) >= 11 is 0. The van der Waals surface area contributed by atoms with Crippen molar-refractivity contribution in [2.24, 2.45) is 5.92 Å². The number of unbranched alkanes of at least 4 members (excludes halogenated alkanes) is 6. The van der Waals surface area contributed by atoms with Crippen LogP contribution in [0.25, 0.3) is 0 Å². The molecule has 0 aromatic rings. The number of Topliss-reactive ketones (excluding diaryl/α,β-unsaturated/α-hetero) is 1. The van der Waals surface area contributed by atoms with Crippen LogP contribution in [0.4, 0.5) is 0 Å². The minimum absolute atomic E-state index is 0.153. The van der Waals surface area contributed by atoms with Gasteiger partial charge < -0.3 is 0 Å². The number of ketones is 1. The van der Waals surface area contributed by atoms with E-state index in [-0.39, 0.29) is 5.17 Å². The minimum atomic E-state index is 0.153. The monoisotopic (exact) mass is 327 g/mol. The van der Waals surface area contributed by atoms with Crippen molar-refractivity contribution < 1.29 is 15.2 Å². The smallest absolute Gasteiger partial charge is 0.139 e. The zero-order valence-corrected chi connectivity index (χ0v) is 15.4. The molecule has 0 aromatic heterocycles. The molecule has 23 heavy (non-hydrogen) atoms. The van der Waals surface area contributed by atoms with Crippen LogP contribution in [0.15, 0.2) is 12.8 Å². The molecular weight excluding hydrogens is 288 g/mol. The first-order chi connectivity index (χ1) is 11.1. The van der Waals surface area contributed by atoms with Crippen molar-refractivity contribution in [3.05, 3.63) is 12.8 Å². The van der Waals surface area contributed by atoms with Gasteiger partial charge in [-0.3, -0.25) is 4.79 Å². The topological polar surface area (TPSA) is 53.8 Å². The summed E-state index contributed by atoms with van der Waals surface area (Å²) < 4.78 is 0. The molecule has 0 aliphatic rings. The highest BCUT2D eigenvalue weighted by Crippen LogP contribution is 2.14. The number of quaternary nitrogens is 1. The van der Waals surface area contributed by atoms with Crippen LogP contribution < -0.4 is 10.6 Å². The predicted octanol–water partition coefficient (Wildman–Crippen LogP) is 3.81. The van der Waals surface area contributed by atoms with Gasteiger partial charge in [-0.15, -0.1) is 5.43 Å². The zero-order valence-electron chi connectivity index (χ0n) is 15.4. The fraction of sp³-hybridized carbons (Fsp3) is 0.842. The van der Waals surface area contributed by atoms with E-state index < -0.39 is 0 Å². The van der Waals surface area contributed by atoms with Gasteiger partial charge in [0, 0.05) is 19.4 Å². The van der Waals surface area contributed by atoms with Crippen LogP contribution in [-0.2, 0) is 4.79 Å². The number of carbonyl (C=O) groups excluding carboxylic acids is 1. The van der Waals surface area contributed by atoms with E-state index in [1.165, 1.54) is 38.3 Å². The van der Waals surface area contributed by atoms with E-state index in [0.29, 0.717) is 5.78 Å². The van der Waals surface area contributed by atoms with Crippen LogP contribution >= 0.6 is 0 Å². The molecule has 0 radical (unpaired) electrons. The Labute approximate surface area is 143 Å². The second-order valence-corrected chi connectivity index (χ2v) is 6.69. The predicted molar refractivity (Wildman–Crippen MR) is 96.2 cm³/mol.